The lowest BCUT2D eigenvalue weighted by molar-refractivity contribution is -0.123. The van der Waals surface area contributed by atoms with Gasteiger partial charge >= 0.3 is 5.97 Å². The summed E-state index contributed by atoms with van der Waals surface area (Å²) < 4.78 is 10.4. The lowest BCUT2D eigenvalue weighted by Crippen LogP contribution is -2.30. The number of carbonyl (C=O) groups excluding carboxylic acids is 2. The van der Waals surface area contributed by atoms with Crippen LogP contribution in [-0.4, -0.2) is 25.1 Å². The Hall–Kier alpha value is -2.82. The summed E-state index contributed by atoms with van der Waals surface area (Å²) in [6.07, 6.45) is -0.924. The minimum Gasteiger partial charge on any atom is -0.495 e. The molecule has 0 unspecified atom stereocenters. The van der Waals surface area contributed by atoms with Crippen LogP contribution in [0.25, 0.3) is 0 Å². The summed E-state index contributed by atoms with van der Waals surface area (Å²) in [7, 11) is 1.52. The Balaban J connectivity index is 2.03. The first-order chi connectivity index (χ1) is 11.0. The van der Waals surface area contributed by atoms with E-state index >= 15 is 0 Å². The SMILES string of the molecule is COc1ccccc1NC(=O)[C@H](C)OC(=O)c1ccccc1C. The first-order valence-corrected chi connectivity index (χ1v) is 7.23. The summed E-state index contributed by atoms with van der Waals surface area (Å²) in [6, 6.07) is 14.1. The first kappa shape index (κ1) is 16.5. The number of anilines is 1. The lowest BCUT2D eigenvalue weighted by Gasteiger charge is -2.15. The number of rotatable bonds is 5. The highest BCUT2D eigenvalue weighted by atomic mass is 16.5. The number of nitrogens with one attached hydrogen (secondary N) is 1. The van der Waals surface area contributed by atoms with E-state index in [1.165, 1.54) is 14.0 Å². The Morgan fingerprint density at radius 2 is 1.70 bits per heavy atom. The van der Waals surface area contributed by atoms with Crippen LogP contribution >= 0.6 is 0 Å². The summed E-state index contributed by atoms with van der Waals surface area (Å²) >= 11 is 0. The Labute approximate surface area is 135 Å². The highest BCUT2D eigenvalue weighted by Gasteiger charge is 2.20. The molecule has 0 saturated carbocycles. The third-order valence-electron chi connectivity index (χ3n) is 3.38. The van der Waals surface area contributed by atoms with Crippen molar-refractivity contribution < 1.29 is 19.1 Å². The maximum Gasteiger partial charge on any atom is 0.339 e. The molecule has 23 heavy (non-hydrogen) atoms. The number of hydrogen-bond donors (Lipinski definition) is 1. The van der Waals surface area contributed by atoms with Crippen molar-refractivity contribution in [1.29, 1.82) is 0 Å². The van der Waals surface area contributed by atoms with E-state index in [0.29, 0.717) is 17.0 Å². The third-order valence-corrected chi connectivity index (χ3v) is 3.38. The highest BCUT2D eigenvalue weighted by molar-refractivity contribution is 5.98. The first-order valence-electron chi connectivity index (χ1n) is 7.23. The summed E-state index contributed by atoms with van der Waals surface area (Å²) in [5.74, 6) is -0.402. The second-order valence-corrected chi connectivity index (χ2v) is 5.05. The molecular weight excluding hydrogens is 294 g/mol. The predicted octanol–water partition coefficient (Wildman–Crippen LogP) is 3.19. The standard InChI is InChI=1S/C18H19NO4/c1-12-8-4-5-9-14(12)18(21)23-13(2)17(20)19-15-10-6-7-11-16(15)22-3/h4-11,13H,1-3H3,(H,19,20)/t13-/m0/s1. The van der Waals surface area contributed by atoms with Crippen molar-refractivity contribution in [3.05, 3.63) is 59.7 Å². The molecule has 1 N–H and O–H groups in total. The van der Waals surface area contributed by atoms with E-state index in [1.54, 1.807) is 36.4 Å². The minimum atomic E-state index is -0.924. The van der Waals surface area contributed by atoms with Gasteiger partial charge in [0.2, 0.25) is 0 Å². The van der Waals surface area contributed by atoms with Crippen LogP contribution in [0, 0.1) is 6.92 Å². The Morgan fingerprint density at radius 3 is 2.39 bits per heavy atom. The normalized spacial score (nSPS) is 11.4. The molecule has 0 aliphatic heterocycles. The van der Waals surface area contributed by atoms with Gasteiger partial charge in [-0.25, -0.2) is 4.79 Å². The third kappa shape index (κ3) is 4.10. The zero-order chi connectivity index (χ0) is 16.8. The Bertz CT molecular complexity index is 712. The van der Waals surface area contributed by atoms with Gasteiger partial charge in [-0.15, -0.1) is 0 Å². The Kier molecular flexibility index (Phi) is 5.36. The number of aryl methyl sites for hydroxylation is 1. The number of methoxy groups -OCH3 is 1. The second kappa shape index (κ2) is 7.45. The van der Waals surface area contributed by atoms with Gasteiger partial charge in [-0.05, 0) is 37.6 Å². The molecular formula is C18H19NO4. The van der Waals surface area contributed by atoms with Crippen molar-refractivity contribution in [1.82, 2.24) is 0 Å². The second-order valence-electron chi connectivity index (χ2n) is 5.05. The average Bonchev–Trinajstić information content (AvgIpc) is 2.55. The van der Waals surface area contributed by atoms with Gasteiger partial charge in [-0.2, -0.15) is 0 Å². The monoisotopic (exact) mass is 313 g/mol. The molecule has 2 aromatic rings. The fourth-order valence-electron chi connectivity index (χ4n) is 2.06. The quantitative estimate of drug-likeness (QED) is 0.861. The molecule has 2 aromatic carbocycles. The zero-order valence-corrected chi connectivity index (χ0v) is 13.3. The largest absolute Gasteiger partial charge is 0.495 e. The van der Waals surface area contributed by atoms with Crippen molar-refractivity contribution in [2.24, 2.45) is 0 Å². The summed E-state index contributed by atoms with van der Waals surface area (Å²) in [4.78, 5) is 24.3. The van der Waals surface area contributed by atoms with Crippen molar-refractivity contribution in [3.63, 3.8) is 0 Å². The van der Waals surface area contributed by atoms with Gasteiger partial charge in [0.15, 0.2) is 6.10 Å². The smallest absolute Gasteiger partial charge is 0.339 e. The molecule has 1 atom stereocenters. The number of esters is 1. The van der Waals surface area contributed by atoms with E-state index in [9.17, 15) is 9.59 Å². The lowest BCUT2D eigenvalue weighted by atomic mass is 10.1. The molecule has 5 heteroatoms. The number of para-hydroxylation sites is 2. The van der Waals surface area contributed by atoms with Crippen LogP contribution in [0.2, 0.25) is 0 Å². The molecule has 0 fully saturated rings. The topological polar surface area (TPSA) is 64.6 Å². The molecule has 1 amide bonds. The van der Waals surface area contributed by atoms with Crippen molar-refractivity contribution in [2.75, 3.05) is 12.4 Å². The molecule has 0 spiro atoms. The molecule has 0 bridgehead atoms. The number of benzene rings is 2. The van der Waals surface area contributed by atoms with Gasteiger partial charge in [-0.1, -0.05) is 30.3 Å². The molecule has 5 nitrogen and oxygen atoms in total. The van der Waals surface area contributed by atoms with E-state index in [0.717, 1.165) is 5.56 Å². The van der Waals surface area contributed by atoms with Crippen molar-refractivity contribution in [2.45, 2.75) is 20.0 Å². The highest BCUT2D eigenvalue weighted by Crippen LogP contribution is 2.23. The van der Waals surface area contributed by atoms with Crippen molar-refractivity contribution >= 4 is 17.6 Å². The van der Waals surface area contributed by atoms with Crippen LogP contribution < -0.4 is 10.1 Å². The summed E-state index contributed by atoms with van der Waals surface area (Å²) in [5, 5.41) is 2.69. The van der Waals surface area contributed by atoms with E-state index in [2.05, 4.69) is 5.32 Å². The molecule has 0 radical (unpaired) electrons. The van der Waals surface area contributed by atoms with E-state index in [4.69, 9.17) is 9.47 Å². The van der Waals surface area contributed by atoms with E-state index in [1.807, 2.05) is 19.1 Å². The number of ether oxygens (including phenoxy) is 2. The molecule has 0 aliphatic carbocycles. The number of carbonyl (C=O) groups is 2. The molecule has 0 aliphatic rings. The van der Waals surface area contributed by atoms with Gasteiger partial charge in [0, 0.05) is 0 Å². The van der Waals surface area contributed by atoms with Gasteiger partial charge in [0.25, 0.3) is 5.91 Å². The summed E-state index contributed by atoms with van der Waals surface area (Å²) in [5.41, 5.74) is 1.78. The maximum atomic E-state index is 12.2. The summed E-state index contributed by atoms with van der Waals surface area (Å²) in [6.45, 7) is 3.34. The van der Waals surface area contributed by atoms with Gasteiger partial charge in [0.1, 0.15) is 5.75 Å². The number of hydrogen-bond acceptors (Lipinski definition) is 4. The van der Waals surface area contributed by atoms with Crippen LogP contribution in [0.1, 0.15) is 22.8 Å². The fraction of sp³-hybridized carbons (Fsp3) is 0.222. The molecule has 0 aromatic heterocycles. The van der Waals surface area contributed by atoms with Crippen LogP contribution in [0.5, 0.6) is 5.75 Å². The van der Waals surface area contributed by atoms with E-state index in [-0.39, 0.29) is 0 Å². The van der Waals surface area contributed by atoms with Crippen LogP contribution in [-0.2, 0) is 9.53 Å². The van der Waals surface area contributed by atoms with Crippen molar-refractivity contribution in [3.8, 4) is 5.75 Å². The average molecular weight is 313 g/mol. The van der Waals surface area contributed by atoms with Gasteiger partial charge < -0.3 is 14.8 Å². The minimum absolute atomic E-state index is 0.420. The fourth-order valence-corrected chi connectivity index (χ4v) is 2.06. The van der Waals surface area contributed by atoms with Gasteiger partial charge in [0.05, 0.1) is 18.4 Å². The zero-order valence-electron chi connectivity index (χ0n) is 13.3. The molecule has 0 saturated heterocycles. The number of amides is 1. The van der Waals surface area contributed by atoms with Gasteiger partial charge in [-0.3, -0.25) is 4.79 Å². The Morgan fingerprint density at radius 1 is 1.04 bits per heavy atom. The van der Waals surface area contributed by atoms with Crippen LogP contribution in [0.4, 0.5) is 5.69 Å². The van der Waals surface area contributed by atoms with E-state index < -0.39 is 18.0 Å². The maximum absolute atomic E-state index is 12.2. The van der Waals surface area contributed by atoms with Crippen LogP contribution in [0.3, 0.4) is 0 Å². The molecule has 120 valence electrons. The molecule has 2 rings (SSSR count). The van der Waals surface area contributed by atoms with Crippen LogP contribution in [0.15, 0.2) is 48.5 Å². The predicted molar refractivity (Wildman–Crippen MR) is 87.7 cm³/mol. The molecule has 0 heterocycles.